The van der Waals surface area contributed by atoms with Gasteiger partial charge in [-0.25, -0.2) is 0 Å². The molecule has 0 heteroatoms. The second-order valence-electron chi connectivity index (χ2n) is 3.89. The van der Waals surface area contributed by atoms with Crippen LogP contribution < -0.4 is 0 Å². The van der Waals surface area contributed by atoms with Gasteiger partial charge < -0.3 is 0 Å². The van der Waals surface area contributed by atoms with E-state index in [9.17, 15) is 0 Å². The van der Waals surface area contributed by atoms with Crippen LogP contribution in [0, 0.1) is 0 Å². The van der Waals surface area contributed by atoms with Crippen molar-refractivity contribution in [3.8, 4) is 0 Å². The van der Waals surface area contributed by atoms with Gasteiger partial charge in [-0.05, 0) is 47.9 Å². The number of benzene rings is 1. The summed E-state index contributed by atoms with van der Waals surface area (Å²) in [7, 11) is 0. The van der Waals surface area contributed by atoms with Crippen LogP contribution >= 0.6 is 0 Å². The molecule has 0 saturated heterocycles. The molecule has 0 aliphatic heterocycles. The third-order valence-electron chi connectivity index (χ3n) is 3.08. The van der Waals surface area contributed by atoms with E-state index < -0.39 is 0 Å². The summed E-state index contributed by atoms with van der Waals surface area (Å²) in [6, 6.07) is 4.56. The van der Waals surface area contributed by atoms with Crippen LogP contribution in [0.1, 0.15) is 43.0 Å². The van der Waals surface area contributed by atoms with E-state index in [1.165, 1.54) is 11.1 Å². The molecule has 1 rings (SSSR count). The molecule has 0 aliphatic rings. The van der Waals surface area contributed by atoms with Crippen LogP contribution in [0.25, 0.3) is 0 Å². The Morgan fingerprint density at radius 2 is 1.47 bits per heavy atom. The van der Waals surface area contributed by atoms with E-state index in [1.54, 1.807) is 11.1 Å². The van der Waals surface area contributed by atoms with Gasteiger partial charge in [-0.15, -0.1) is 6.58 Å². The zero-order valence-corrected chi connectivity index (χ0v) is 10.3. The lowest BCUT2D eigenvalue weighted by atomic mass is 9.90. The van der Waals surface area contributed by atoms with Crippen LogP contribution in [-0.2, 0) is 25.7 Å². The van der Waals surface area contributed by atoms with Gasteiger partial charge in [-0.1, -0.05) is 39.0 Å². The average molecular weight is 202 g/mol. The minimum atomic E-state index is 1.00. The summed E-state index contributed by atoms with van der Waals surface area (Å²) in [5.41, 5.74) is 6.10. The summed E-state index contributed by atoms with van der Waals surface area (Å²) in [5.74, 6) is 0. The predicted octanol–water partition coefficient (Wildman–Crippen LogP) is 4.10. The third kappa shape index (κ3) is 2.50. The van der Waals surface area contributed by atoms with E-state index in [4.69, 9.17) is 0 Å². The minimum absolute atomic E-state index is 1.00. The zero-order chi connectivity index (χ0) is 11.3. The highest BCUT2D eigenvalue weighted by Crippen LogP contribution is 2.22. The fourth-order valence-electron chi connectivity index (χ4n) is 2.35. The molecular weight excluding hydrogens is 180 g/mol. The molecular formula is C15H22. The standard InChI is InChI=1S/C15H22/c1-5-9-13-11-10-12(6-2)14(7-3)15(13)8-4/h5,10-11H,1,6-9H2,2-4H3. The van der Waals surface area contributed by atoms with Crippen molar-refractivity contribution < 1.29 is 0 Å². The number of allylic oxidation sites excluding steroid dienone is 1. The van der Waals surface area contributed by atoms with Crippen molar-refractivity contribution in [3.63, 3.8) is 0 Å². The van der Waals surface area contributed by atoms with Gasteiger partial charge in [-0.3, -0.25) is 0 Å². The van der Waals surface area contributed by atoms with Crippen molar-refractivity contribution in [1.82, 2.24) is 0 Å². The average Bonchev–Trinajstić information content (AvgIpc) is 2.28. The molecule has 0 nitrogen and oxygen atoms in total. The Kier molecular flexibility index (Phi) is 4.61. The van der Waals surface area contributed by atoms with Gasteiger partial charge in [0.05, 0.1) is 0 Å². The lowest BCUT2D eigenvalue weighted by molar-refractivity contribution is 0.958. The van der Waals surface area contributed by atoms with Crippen LogP contribution in [0.5, 0.6) is 0 Å². The highest BCUT2D eigenvalue weighted by molar-refractivity contribution is 5.42. The molecule has 0 bridgehead atoms. The van der Waals surface area contributed by atoms with Gasteiger partial charge in [0.1, 0.15) is 0 Å². The summed E-state index contributed by atoms with van der Waals surface area (Å²) in [6.45, 7) is 10.6. The predicted molar refractivity (Wildman–Crippen MR) is 68.5 cm³/mol. The summed E-state index contributed by atoms with van der Waals surface area (Å²) < 4.78 is 0. The van der Waals surface area contributed by atoms with Crippen molar-refractivity contribution in [2.75, 3.05) is 0 Å². The molecule has 0 heterocycles. The molecule has 1 aromatic carbocycles. The maximum Gasteiger partial charge on any atom is -0.00973 e. The minimum Gasteiger partial charge on any atom is -0.103 e. The first kappa shape index (κ1) is 12.0. The highest BCUT2D eigenvalue weighted by Gasteiger charge is 2.08. The van der Waals surface area contributed by atoms with Crippen molar-refractivity contribution in [2.45, 2.75) is 46.5 Å². The monoisotopic (exact) mass is 202 g/mol. The molecule has 0 aromatic heterocycles. The van der Waals surface area contributed by atoms with Crippen molar-refractivity contribution in [2.24, 2.45) is 0 Å². The summed E-state index contributed by atoms with van der Waals surface area (Å²) in [4.78, 5) is 0. The van der Waals surface area contributed by atoms with Crippen molar-refractivity contribution >= 4 is 0 Å². The first-order chi connectivity index (χ1) is 7.28. The van der Waals surface area contributed by atoms with Crippen molar-refractivity contribution in [1.29, 1.82) is 0 Å². The number of hydrogen-bond acceptors (Lipinski definition) is 0. The quantitative estimate of drug-likeness (QED) is 0.630. The molecule has 0 aliphatic carbocycles. The number of rotatable bonds is 5. The van der Waals surface area contributed by atoms with E-state index >= 15 is 0 Å². The molecule has 0 N–H and O–H groups in total. The Hall–Kier alpha value is -1.04. The Morgan fingerprint density at radius 1 is 0.933 bits per heavy atom. The normalized spacial score (nSPS) is 10.3. The van der Waals surface area contributed by atoms with Crippen molar-refractivity contribution in [3.05, 3.63) is 47.0 Å². The molecule has 0 fully saturated rings. The zero-order valence-electron chi connectivity index (χ0n) is 10.3. The van der Waals surface area contributed by atoms with Gasteiger partial charge in [0, 0.05) is 0 Å². The largest absolute Gasteiger partial charge is 0.103 e. The summed E-state index contributed by atoms with van der Waals surface area (Å²) >= 11 is 0. The lowest BCUT2D eigenvalue weighted by Crippen LogP contribution is -2.02. The molecule has 15 heavy (non-hydrogen) atoms. The van der Waals surface area contributed by atoms with Crippen LogP contribution in [0.15, 0.2) is 24.8 Å². The fourth-order valence-corrected chi connectivity index (χ4v) is 2.35. The van der Waals surface area contributed by atoms with Crippen LogP contribution in [-0.4, -0.2) is 0 Å². The van der Waals surface area contributed by atoms with Gasteiger partial charge >= 0.3 is 0 Å². The maximum atomic E-state index is 3.83. The smallest absolute Gasteiger partial charge is 0.00973 e. The molecule has 1 aromatic rings. The van der Waals surface area contributed by atoms with E-state index in [1.807, 2.05) is 6.08 Å². The van der Waals surface area contributed by atoms with E-state index in [0.717, 1.165) is 25.7 Å². The molecule has 0 spiro atoms. The Labute approximate surface area is 94.0 Å². The molecule has 0 amide bonds. The summed E-state index contributed by atoms with van der Waals surface area (Å²) in [5, 5.41) is 0. The second kappa shape index (κ2) is 5.75. The van der Waals surface area contributed by atoms with Gasteiger partial charge in [0.2, 0.25) is 0 Å². The van der Waals surface area contributed by atoms with Crippen LogP contribution in [0.4, 0.5) is 0 Å². The Bertz CT molecular complexity index is 334. The van der Waals surface area contributed by atoms with Gasteiger partial charge in [0.25, 0.3) is 0 Å². The molecule has 82 valence electrons. The van der Waals surface area contributed by atoms with Gasteiger partial charge in [0.15, 0.2) is 0 Å². The molecule has 0 saturated carbocycles. The maximum absolute atomic E-state index is 3.83. The van der Waals surface area contributed by atoms with E-state index in [0.29, 0.717) is 0 Å². The third-order valence-corrected chi connectivity index (χ3v) is 3.08. The Morgan fingerprint density at radius 3 is 1.93 bits per heavy atom. The fraction of sp³-hybridized carbons (Fsp3) is 0.467. The first-order valence-corrected chi connectivity index (χ1v) is 6.01. The van der Waals surface area contributed by atoms with Crippen LogP contribution in [0.2, 0.25) is 0 Å². The molecule has 0 radical (unpaired) electrons. The summed E-state index contributed by atoms with van der Waals surface area (Å²) in [6.07, 6.45) is 6.43. The lowest BCUT2D eigenvalue weighted by Gasteiger charge is -2.15. The molecule has 0 atom stereocenters. The van der Waals surface area contributed by atoms with E-state index in [2.05, 4.69) is 39.5 Å². The van der Waals surface area contributed by atoms with Gasteiger partial charge in [-0.2, -0.15) is 0 Å². The number of hydrogen-bond donors (Lipinski definition) is 0. The number of aryl methyl sites for hydroxylation is 1. The first-order valence-electron chi connectivity index (χ1n) is 6.01. The SMILES string of the molecule is C=CCc1ccc(CC)c(CC)c1CC. The molecule has 0 unspecified atom stereocenters. The Balaban J connectivity index is 3.27. The van der Waals surface area contributed by atoms with E-state index in [-0.39, 0.29) is 0 Å². The topological polar surface area (TPSA) is 0 Å². The highest BCUT2D eigenvalue weighted by atomic mass is 14.1. The second-order valence-corrected chi connectivity index (χ2v) is 3.89. The van der Waals surface area contributed by atoms with Crippen LogP contribution in [0.3, 0.4) is 0 Å².